The highest BCUT2D eigenvalue weighted by Gasteiger charge is 2.25. The molecule has 0 bridgehead atoms. The SMILES string of the molecule is CC1=NO[C@H](C(=O)NCCc2c(C)n[nH]c2C)C1. The Bertz CT molecular complexity index is 459. The van der Waals surface area contributed by atoms with Crippen molar-refractivity contribution in [2.24, 2.45) is 5.16 Å². The summed E-state index contributed by atoms with van der Waals surface area (Å²) < 4.78 is 0. The van der Waals surface area contributed by atoms with E-state index in [1.165, 1.54) is 0 Å². The van der Waals surface area contributed by atoms with Crippen molar-refractivity contribution in [3.63, 3.8) is 0 Å². The summed E-state index contributed by atoms with van der Waals surface area (Å²) in [7, 11) is 0. The van der Waals surface area contributed by atoms with Gasteiger partial charge >= 0.3 is 0 Å². The zero-order chi connectivity index (χ0) is 13.1. The van der Waals surface area contributed by atoms with Crippen molar-refractivity contribution >= 4 is 11.6 Å². The van der Waals surface area contributed by atoms with E-state index in [-0.39, 0.29) is 5.91 Å². The number of nitrogens with one attached hydrogen (secondary N) is 2. The number of aromatic amines is 1. The first-order valence-electron chi connectivity index (χ1n) is 6.05. The summed E-state index contributed by atoms with van der Waals surface area (Å²) in [6, 6.07) is 0. The van der Waals surface area contributed by atoms with Crippen LogP contribution in [0, 0.1) is 13.8 Å². The molecule has 0 aliphatic carbocycles. The second kappa shape index (κ2) is 5.20. The quantitative estimate of drug-likeness (QED) is 0.831. The average molecular weight is 250 g/mol. The van der Waals surface area contributed by atoms with Gasteiger partial charge in [-0.3, -0.25) is 9.89 Å². The molecular formula is C12H18N4O2. The van der Waals surface area contributed by atoms with Gasteiger partial charge in [-0.2, -0.15) is 5.10 Å². The van der Waals surface area contributed by atoms with E-state index in [2.05, 4.69) is 20.7 Å². The molecule has 0 saturated heterocycles. The molecule has 98 valence electrons. The van der Waals surface area contributed by atoms with Gasteiger partial charge in [-0.1, -0.05) is 5.16 Å². The van der Waals surface area contributed by atoms with Crippen LogP contribution in [0.4, 0.5) is 0 Å². The van der Waals surface area contributed by atoms with Crippen molar-refractivity contribution in [3.8, 4) is 0 Å². The van der Waals surface area contributed by atoms with E-state index in [1.54, 1.807) is 0 Å². The van der Waals surface area contributed by atoms with E-state index in [0.717, 1.165) is 29.1 Å². The molecule has 0 saturated carbocycles. The Kier molecular flexibility index (Phi) is 3.64. The molecule has 0 spiro atoms. The number of nitrogens with zero attached hydrogens (tertiary/aromatic N) is 2. The number of oxime groups is 1. The Morgan fingerprint density at radius 1 is 1.50 bits per heavy atom. The highest BCUT2D eigenvalue weighted by atomic mass is 16.6. The molecular weight excluding hydrogens is 232 g/mol. The molecule has 6 heteroatoms. The number of carbonyl (C=O) groups is 1. The normalized spacial score (nSPS) is 18.4. The summed E-state index contributed by atoms with van der Waals surface area (Å²) in [6.45, 7) is 6.37. The maximum atomic E-state index is 11.8. The summed E-state index contributed by atoms with van der Waals surface area (Å²) in [5, 5.41) is 13.7. The number of carbonyl (C=O) groups excluding carboxylic acids is 1. The van der Waals surface area contributed by atoms with Crippen LogP contribution in [0.2, 0.25) is 0 Å². The molecule has 2 N–H and O–H groups in total. The minimum Gasteiger partial charge on any atom is -0.382 e. The fraction of sp³-hybridized carbons (Fsp3) is 0.583. The summed E-state index contributed by atoms with van der Waals surface area (Å²) in [4.78, 5) is 16.8. The average Bonchev–Trinajstić information content (AvgIpc) is 2.89. The Balaban J connectivity index is 1.78. The summed E-state index contributed by atoms with van der Waals surface area (Å²) in [5.41, 5.74) is 4.06. The minimum absolute atomic E-state index is 0.102. The van der Waals surface area contributed by atoms with Crippen LogP contribution < -0.4 is 5.32 Å². The highest BCUT2D eigenvalue weighted by molar-refractivity contribution is 5.91. The maximum Gasteiger partial charge on any atom is 0.264 e. The molecule has 0 radical (unpaired) electrons. The molecule has 0 aromatic carbocycles. The molecule has 6 nitrogen and oxygen atoms in total. The summed E-state index contributed by atoms with van der Waals surface area (Å²) in [5.74, 6) is -0.102. The first-order chi connectivity index (χ1) is 8.58. The minimum atomic E-state index is -0.462. The molecule has 1 atom stereocenters. The third-order valence-electron chi connectivity index (χ3n) is 3.06. The van der Waals surface area contributed by atoms with Crippen molar-refractivity contribution in [3.05, 3.63) is 17.0 Å². The van der Waals surface area contributed by atoms with E-state index in [0.29, 0.717) is 13.0 Å². The van der Waals surface area contributed by atoms with Crippen molar-refractivity contribution in [2.45, 2.75) is 39.7 Å². The molecule has 0 unspecified atom stereocenters. The number of aromatic nitrogens is 2. The highest BCUT2D eigenvalue weighted by Crippen LogP contribution is 2.11. The van der Waals surface area contributed by atoms with E-state index < -0.39 is 6.10 Å². The van der Waals surface area contributed by atoms with Crippen LogP contribution in [-0.4, -0.2) is 34.5 Å². The summed E-state index contributed by atoms with van der Waals surface area (Å²) in [6.07, 6.45) is 0.888. The van der Waals surface area contributed by atoms with Gasteiger partial charge in [0.1, 0.15) is 0 Å². The molecule has 0 fully saturated rings. The molecule has 18 heavy (non-hydrogen) atoms. The van der Waals surface area contributed by atoms with Crippen LogP contribution in [0.5, 0.6) is 0 Å². The fourth-order valence-corrected chi connectivity index (χ4v) is 2.00. The van der Waals surface area contributed by atoms with Crippen LogP contribution in [0.25, 0.3) is 0 Å². The van der Waals surface area contributed by atoms with Crippen LogP contribution in [0.1, 0.15) is 30.3 Å². The molecule has 1 aliphatic rings. The van der Waals surface area contributed by atoms with E-state index in [9.17, 15) is 4.79 Å². The third-order valence-corrected chi connectivity index (χ3v) is 3.06. The lowest BCUT2D eigenvalue weighted by Crippen LogP contribution is -2.35. The number of aryl methyl sites for hydroxylation is 2. The van der Waals surface area contributed by atoms with Crippen molar-refractivity contribution in [2.75, 3.05) is 6.54 Å². The Morgan fingerprint density at radius 2 is 2.28 bits per heavy atom. The van der Waals surface area contributed by atoms with E-state index >= 15 is 0 Å². The topological polar surface area (TPSA) is 79.4 Å². The van der Waals surface area contributed by atoms with E-state index in [1.807, 2.05) is 20.8 Å². The van der Waals surface area contributed by atoms with Gasteiger partial charge in [0.25, 0.3) is 5.91 Å². The lowest BCUT2D eigenvalue weighted by molar-refractivity contribution is -0.131. The zero-order valence-electron chi connectivity index (χ0n) is 10.9. The molecule has 2 rings (SSSR count). The third kappa shape index (κ3) is 2.69. The van der Waals surface area contributed by atoms with Gasteiger partial charge in [-0.05, 0) is 32.8 Å². The van der Waals surface area contributed by atoms with E-state index in [4.69, 9.17) is 4.84 Å². The predicted octanol–water partition coefficient (Wildman–Crippen LogP) is 0.850. The second-order valence-corrected chi connectivity index (χ2v) is 4.58. The van der Waals surface area contributed by atoms with Gasteiger partial charge in [0.2, 0.25) is 6.10 Å². The molecule has 1 aromatic heterocycles. The zero-order valence-corrected chi connectivity index (χ0v) is 10.9. The van der Waals surface area contributed by atoms with Gasteiger partial charge in [0, 0.05) is 18.7 Å². The monoisotopic (exact) mass is 250 g/mol. The van der Waals surface area contributed by atoms with Gasteiger partial charge in [-0.15, -0.1) is 0 Å². The van der Waals surface area contributed by atoms with Crippen LogP contribution in [-0.2, 0) is 16.1 Å². The van der Waals surface area contributed by atoms with Crippen LogP contribution >= 0.6 is 0 Å². The number of amides is 1. The molecule has 1 aliphatic heterocycles. The lowest BCUT2D eigenvalue weighted by Gasteiger charge is -2.09. The van der Waals surface area contributed by atoms with Gasteiger partial charge < -0.3 is 10.2 Å². The Labute approximate surface area is 106 Å². The molecule has 2 heterocycles. The maximum absolute atomic E-state index is 11.8. The van der Waals surface area contributed by atoms with Crippen molar-refractivity contribution in [1.29, 1.82) is 0 Å². The first kappa shape index (κ1) is 12.6. The van der Waals surface area contributed by atoms with Crippen LogP contribution in [0.3, 0.4) is 0 Å². The van der Waals surface area contributed by atoms with Gasteiger partial charge in [-0.25, -0.2) is 0 Å². The number of hydrogen-bond acceptors (Lipinski definition) is 4. The van der Waals surface area contributed by atoms with Gasteiger partial charge in [0.15, 0.2) is 0 Å². The second-order valence-electron chi connectivity index (χ2n) is 4.58. The van der Waals surface area contributed by atoms with Crippen molar-refractivity contribution < 1.29 is 9.63 Å². The fourth-order valence-electron chi connectivity index (χ4n) is 2.00. The standard InChI is InChI=1S/C12H18N4O2/c1-7-6-11(18-16-7)12(17)13-5-4-10-8(2)14-15-9(10)3/h11H,4-6H2,1-3H3,(H,13,17)(H,14,15)/t11-/m0/s1. The molecule has 1 aromatic rings. The molecule has 1 amide bonds. The van der Waals surface area contributed by atoms with Crippen molar-refractivity contribution in [1.82, 2.24) is 15.5 Å². The van der Waals surface area contributed by atoms with Crippen LogP contribution in [0.15, 0.2) is 5.16 Å². The smallest absolute Gasteiger partial charge is 0.264 e. The summed E-state index contributed by atoms with van der Waals surface area (Å²) >= 11 is 0. The Morgan fingerprint density at radius 3 is 2.83 bits per heavy atom. The number of hydrogen-bond donors (Lipinski definition) is 2. The largest absolute Gasteiger partial charge is 0.382 e. The predicted molar refractivity (Wildman–Crippen MR) is 67.4 cm³/mol. The lowest BCUT2D eigenvalue weighted by atomic mass is 10.1. The van der Waals surface area contributed by atoms with Gasteiger partial charge in [0.05, 0.1) is 11.4 Å². The number of rotatable bonds is 4. The Hall–Kier alpha value is -1.85. The first-order valence-corrected chi connectivity index (χ1v) is 6.05. The number of H-pyrrole nitrogens is 1.